The van der Waals surface area contributed by atoms with Crippen LogP contribution in [0.3, 0.4) is 0 Å². The van der Waals surface area contributed by atoms with E-state index in [1.807, 2.05) is 42.5 Å². The van der Waals surface area contributed by atoms with Crippen LogP contribution in [0.2, 0.25) is 0 Å². The Hall–Kier alpha value is -1.92. The lowest BCUT2D eigenvalue weighted by Crippen LogP contribution is -2.30. The van der Waals surface area contributed by atoms with Crippen LogP contribution in [0.25, 0.3) is 0 Å². The molecule has 0 spiro atoms. The van der Waals surface area contributed by atoms with Crippen LogP contribution in [-0.2, 0) is 15.8 Å². The zero-order valence-electron chi connectivity index (χ0n) is 11.5. The molecule has 0 fully saturated rings. The topological polar surface area (TPSA) is 71.1 Å². The highest BCUT2D eigenvalue weighted by Crippen LogP contribution is 2.28. The normalized spacial score (nSPS) is 17.2. The summed E-state index contributed by atoms with van der Waals surface area (Å²) in [7, 11) is -3.32. The molecule has 1 atom stereocenters. The summed E-state index contributed by atoms with van der Waals surface area (Å²) in [4.78, 5) is 4.23. The zero-order chi connectivity index (χ0) is 14.7. The van der Waals surface area contributed by atoms with E-state index in [2.05, 4.69) is 15.0 Å². The molecule has 0 bridgehead atoms. The number of nitrogens with one attached hydrogen (secondary N) is 2. The molecule has 0 saturated carbocycles. The van der Waals surface area contributed by atoms with Gasteiger partial charge in [0.25, 0.3) is 0 Å². The summed E-state index contributed by atoms with van der Waals surface area (Å²) >= 11 is 0. The first-order valence-electron chi connectivity index (χ1n) is 6.84. The summed E-state index contributed by atoms with van der Waals surface area (Å²) in [6.07, 6.45) is 1.73. The number of aromatic nitrogens is 1. The van der Waals surface area contributed by atoms with Crippen LogP contribution in [0, 0.1) is 0 Å². The fourth-order valence-corrected chi connectivity index (χ4v) is 3.67. The predicted molar refractivity (Wildman–Crippen MR) is 82.5 cm³/mol. The summed E-state index contributed by atoms with van der Waals surface area (Å²) in [5, 5.41) is 3.19. The van der Waals surface area contributed by atoms with Gasteiger partial charge in [-0.2, -0.15) is 0 Å². The number of rotatable bonds is 5. The number of nitrogens with zero attached hydrogens (tertiary/aromatic N) is 1. The number of hydrogen-bond acceptors (Lipinski definition) is 4. The third kappa shape index (κ3) is 3.40. The van der Waals surface area contributed by atoms with Crippen molar-refractivity contribution in [3.05, 3.63) is 59.8 Å². The third-order valence-electron chi connectivity index (χ3n) is 3.54. The fraction of sp³-hybridized carbons (Fsp3) is 0.267. The molecule has 1 unspecified atom stereocenters. The first-order chi connectivity index (χ1) is 10.1. The highest BCUT2D eigenvalue weighted by molar-refractivity contribution is 7.88. The van der Waals surface area contributed by atoms with E-state index < -0.39 is 10.0 Å². The van der Waals surface area contributed by atoms with Gasteiger partial charge < -0.3 is 5.32 Å². The quantitative estimate of drug-likeness (QED) is 0.882. The van der Waals surface area contributed by atoms with Crippen LogP contribution < -0.4 is 10.0 Å². The van der Waals surface area contributed by atoms with Crippen molar-refractivity contribution in [2.24, 2.45) is 0 Å². The molecule has 0 radical (unpaired) electrons. The average Bonchev–Trinajstić information content (AvgIpc) is 2.89. The molecule has 2 heterocycles. The highest BCUT2D eigenvalue weighted by atomic mass is 32.2. The molecule has 1 aromatic carbocycles. The van der Waals surface area contributed by atoms with Crippen molar-refractivity contribution >= 4 is 15.8 Å². The van der Waals surface area contributed by atoms with Gasteiger partial charge in [0.1, 0.15) is 5.82 Å². The number of pyridine rings is 1. The Balaban J connectivity index is 1.63. The second-order valence-electron chi connectivity index (χ2n) is 5.11. The van der Waals surface area contributed by atoms with Crippen molar-refractivity contribution in [2.45, 2.75) is 11.7 Å². The number of anilines is 1. The van der Waals surface area contributed by atoms with Crippen LogP contribution in [0.4, 0.5) is 5.82 Å². The summed E-state index contributed by atoms with van der Waals surface area (Å²) in [5.74, 6) is 0.984. The number of fused-ring (bicyclic) bond motifs is 1. The van der Waals surface area contributed by atoms with Crippen LogP contribution in [0.1, 0.15) is 17.0 Å². The Morgan fingerprint density at radius 2 is 2.00 bits per heavy atom. The lowest BCUT2D eigenvalue weighted by Gasteiger charge is -2.12. The Labute approximate surface area is 124 Å². The van der Waals surface area contributed by atoms with E-state index in [1.165, 1.54) is 0 Å². The molecule has 1 aromatic heterocycles. The summed E-state index contributed by atoms with van der Waals surface area (Å²) in [5.41, 5.74) is 1.86. The predicted octanol–water partition coefficient (Wildman–Crippen LogP) is 1.71. The summed E-state index contributed by atoms with van der Waals surface area (Å²) in [6, 6.07) is 13.0. The van der Waals surface area contributed by atoms with E-state index in [9.17, 15) is 8.42 Å². The molecule has 110 valence electrons. The number of benzene rings is 1. The van der Waals surface area contributed by atoms with Crippen molar-refractivity contribution in [3.8, 4) is 0 Å². The van der Waals surface area contributed by atoms with Gasteiger partial charge in [-0.05, 0) is 11.6 Å². The van der Waals surface area contributed by atoms with Gasteiger partial charge in [-0.15, -0.1) is 0 Å². The Morgan fingerprint density at radius 1 is 1.19 bits per heavy atom. The van der Waals surface area contributed by atoms with Crippen molar-refractivity contribution in [1.82, 2.24) is 9.71 Å². The first-order valence-corrected chi connectivity index (χ1v) is 8.49. The van der Waals surface area contributed by atoms with Gasteiger partial charge in [-0.1, -0.05) is 36.4 Å². The van der Waals surface area contributed by atoms with Crippen molar-refractivity contribution < 1.29 is 8.42 Å². The van der Waals surface area contributed by atoms with Gasteiger partial charge in [0.05, 0.1) is 5.75 Å². The van der Waals surface area contributed by atoms with Crippen LogP contribution in [0.5, 0.6) is 0 Å². The third-order valence-corrected chi connectivity index (χ3v) is 4.86. The lowest BCUT2D eigenvalue weighted by molar-refractivity contribution is 0.574. The molecule has 6 heteroatoms. The van der Waals surface area contributed by atoms with E-state index in [1.54, 1.807) is 6.20 Å². The molecule has 1 aliphatic heterocycles. The summed E-state index contributed by atoms with van der Waals surface area (Å²) in [6.45, 7) is 1.10. The van der Waals surface area contributed by atoms with Crippen molar-refractivity contribution in [2.75, 3.05) is 18.4 Å². The molecule has 3 rings (SSSR count). The van der Waals surface area contributed by atoms with Crippen LogP contribution in [-0.4, -0.2) is 26.5 Å². The molecule has 0 aliphatic carbocycles. The van der Waals surface area contributed by atoms with Gasteiger partial charge in [-0.3, -0.25) is 0 Å². The number of sulfonamides is 1. The van der Waals surface area contributed by atoms with E-state index >= 15 is 0 Å². The molecular weight excluding hydrogens is 286 g/mol. The number of hydrogen-bond donors (Lipinski definition) is 2. The molecule has 2 aromatic rings. The van der Waals surface area contributed by atoms with Gasteiger partial charge in [0, 0.05) is 30.8 Å². The minimum Gasteiger partial charge on any atom is -0.369 e. The molecule has 1 aliphatic rings. The summed E-state index contributed by atoms with van der Waals surface area (Å²) < 4.78 is 26.9. The van der Waals surface area contributed by atoms with Gasteiger partial charge in [-0.25, -0.2) is 18.1 Å². The van der Waals surface area contributed by atoms with Crippen LogP contribution in [0.15, 0.2) is 48.7 Å². The molecule has 0 amide bonds. The lowest BCUT2D eigenvalue weighted by atomic mass is 10.0. The highest BCUT2D eigenvalue weighted by Gasteiger charge is 2.24. The second kappa shape index (κ2) is 5.83. The minimum absolute atomic E-state index is 0.00782. The second-order valence-corrected chi connectivity index (χ2v) is 6.92. The van der Waals surface area contributed by atoms with Gasteiger partial charge in [0.2, 0.25) is 10.0 Å². The minimum atomic E-state index is -3.32. The largest absolute Gasteiger partial charge is 0.369 e. The smallest absolute Gasteiger partial charge is 0.215 e. The zero-order valence-corrected chi connectivity index (χ0v) is 12.3. The molecule has 2 N–H and O–H groups in total. The molecule has 0 saturated heterocycles. The van der Waals surface area contributed by atoms with E-state index in [0.717, 1.165) is 16.9 Å². The molecular formula is C15H17N3O2S. The van der Waals surface area contributed by atoms with Gasteiger partial charge >= 0.3 is 0 Å². The maximum Gasteiger partial charge on any atom is 0.215 e. The molecule has 21 heavy (non-hydrogen) atoms. The Kier molecular flexibility index (Phi) is 3.90. The Morgan fingerprint density at radius 3 is 2.81 bits per heavy atom. The maximum atomic E-state index is 12.1. The van der Waals surface area contributed by atoms with Gasteiger partial charge in [0.15, 0.2) is 0 Å². The first kappa shape index (κ1) is 14.0. The van der Waals surface area contributed by atoms with Crippen molar-refractivity contribution in [3.63, 3.8) is 0 Å². The molecule has 5 nitrogen and oxygen atoms in total. The standard InChI is InChI=1S/C15H17N3O2S/c19-21(20,11-12-5-2-1-3-6-12)18-10-13-9-17-15-14(13)7-4-8-16-15/h1-8,13,18H,9-11H2,(H,16,17). The average molecular weight is 303 g/mol. The SMILES string of the molecule is O=S(=O)(Cc1ccccc1)NCC1CNc2ncccc21. The monoisotopic (exact) mass is 303 g/mol. The van der Waals surface area contributed by atoms with E-state index in [0.29, 0.717) is 13.1 Å². The maximum absolute atomic E-state index is 12.1. The van der Waals surface area contributed by atoms with Crippen LogP contribution >= 0.6 is 0 Å². The van der Waals surface area contributed by atoms with Crippen molar-refractivity contribution in [1.29, 1.82) is 0 Å². The fourth-order valence-electron chi connectivity index (χ4n) is 2.48. The Bertz CT molecular complexity index is 717. The van der Waals surface area contributed by atoms with E-state index in [4.69, 9.17) is 0 Å². The van der Waals surface area contributed by atoms with E-state index in [-0.39, 0.29) is 11.7 Å².